The summed E-state index contributed by atoms with van der Waals surface area (Å²) in [6.45, 7) is 4.14. The largest absolute Gasteiger partial charge is 0.217 e. The van der Waals surface area contributed by atoms with E-state index in [1.54, 1.807) is 0 Å². The van der Waals surface area contributed by atoms with E-state index in [0.717, 1.165) is 17.8 Å². The maximum atomic E-state index is 4.03. The van der Waals surface area contributed by atoms with Gasteiger partial charge in [-0.1, -0.05) is 30.3 Å². The highest BCUT2D eigenvalue weighted by Gasteiger charge is 2.06. The molecule has 1 aromatic heterocycles. The van der Waals surface area contributed by atoms with Gasteiger partial charge < -0.3 is 0 Å². The molecule has 0 bridgehead atoms. The van der Waals surface area contributed by atoms with Crippen LogP contribution in [0.2, 0.25) is 0 Å². The third-order valence-corrected chi connectivity index (χ3v) is 2.25. The first-order valence-electron chi connectivity index (χ1n) is 4.71. The van der Waals surface area contributed by atoms with Crippen molar-refractivity contribution in [2.45, 2.75) is 20.3 Å². The van der Waals surface area contributed by atoms with Crippen LogP contribution in [-0.2, 0) is 6.42 Å². The summed E-state index contributed by atoms with van der Waals surface area (Å²) in [7, 11) is 0. The van der Waals surface area contributed by atoms with E-state index in [-0.39, 0.29) is 0 Å². The minimum Gasteiger partial charge on any atom is -0.217 e. The molecule has 71 valence electrons. The topological polar surface area (TPSA) is 30.7 Å². The molecule has 0 amide bonds. The number of nitrogens with zero attached hydrogens (tertiary/aromatic N) is 3. The van der Waals surface area contributed by atoms with Gasteiger partial charge in [0.05, 0.1) is 11.4 Å². The standard InChI is InChI=1S/C11H12N3/c1-3-10-8-12-13-14(10)11-7-5-4-6-9(11)2/h4-7H,3H2,1-2H3. The van der Waals surface area contributed by atoms with E-state index in [9.17, 15) is 0 Å². The highest BCUT2D eigenvalue weighted by atomic mass is 15.4. The van der Waals surface area contributed by atoms with Crippen molar-refractivity contribution in [3.05, 3.63) is 41.7 Å². The lowest BCUT2D eigenvalue weighted by Crippen LogP contribution is -2.03. The molecular formula is C11H12N3. The van der Waals surface area contributed by atoms with Crippen molar-refractivity contribution in [1.29, 1.82) is 0 Å². The molecule has 2 aromatic rings. The number of benzene rings is 1. The minimum absolute atomic E-state index is 0.890. The van der Waals surface area contributed by atoms with Gasteiger partial charge in [-0.25, -0.2) is 4.68 Å². The first kappa shape index (κ1) is 8.94. The van der Waals surface area contributed by atoms with Gasteiger partial charge in [-0.15, -0.1) is 5.10 Å². The second-order valence-corrected chi connectivity index (χ2v) is 3.20. The third-order valence-electron chi connectivity index (χ3n) is 2.25. The molecule has 0 aliphatic rings. The molecule has 0 aliphatic carbocycles. The fourth-order valence-electron chi connectivity index (χ4n) is 1.45. The third kappa shape index (κ3) is 1.41. The molecule has 14 heavy (non-hydrogen) atoms. The van der Waals surface area contributed by atoms with Crippen LogP contribution in [0.5, 0.6) is 0 Å². The maximum absolute atomic E-state index is 4.03. The maximum Gasteiger partial charge on any atom is 0.138 e. The Morgan fingerprint density at radius 1 is 1.36 bits per heavy atom. The lowest BCUT2D eigenvalue weighted by molar-refractivity contribution is 0.763. The van der Waals surface area contributed by atoms with Crippen LogP contribution in [0, 0.1) is 13.1 Å². The van der Waals surface area contributed by atoms with Gasteiger partial charge >= 0.3 is 0 Å². The fourth-order valence-corrected chi connectivity index (χ4v) is 1.45. The summed E-state index contributed by atoms with van der Waals surface area (Å²) < 4.78 is 1.84. The van der Waals surface area contributed by atoms with Crippen molar-refractivity contribution in [2.75, 3.05) is 0 Å². The van der Waals surface area contributed by atoms with Crippen molar-refractivity contribution >= 4 is 0 Å². The molecular weight excluding hydrogens is 174 g/mol. The second kappa shape index (κ2) is 3.62. The normalized spacial score (nSPS) is 10.4. The number of aryl methyl sites for hydroxylation is 2. The predicted molar refractivity (Wildman–Crippen MR) is 54.3 cm³/mol. The molecule has 0 aliphatic heterocycles. The summed E-state index contributed by atoms with van der Waals surface area (Å²) in [4.78, 5) is 0. The van der Waals surface area contributed by atoms with Crippen molar-refractivity contribution < 1.29 is 0 Å². The van der Waals surface area contributed by atoms with Crippen molar-refractivity contribution in [3.8, 4) is 5.69 Å². The molecule has 2 rings (SSSR count). The highest BCUT2D eigenvalue weighted by molar-refractivity contribution is 5.39. The molecule has 0 spiro atoms. The van der Waals surface area contributed by atoms with E-state index in [2.05, 4.69) is 36.4 Å². The molecule has 3 nitrogen and oxygen atoms in total. The Morgan fingerprint density at radius 3 is 2.86 bits per heavy atom. The Hall–Kier alpha value is -1.64. The molecule has 1 aromatic carbocycles. The van der Waals surface area contributed by atoms with Gasteiger partial charge in [-0.05, 0) is 25.0 Å². The Morgan fingerprint density at radius 2 is 2.14 bits per heavy atom. The first-order chi connectivity index (χ1) is 6.83. The lowest BCUT2D eigenvalue weighted by Gasteiger charge is -2.06. The molecule has 0 fully saturated rings. The quantitative estimate of drug-likeness (QED) is 0.717. The summed E-state index contributed by atoms with van der Waals surface area (Å²) in [5, 5.41) is 7.83. The molecule has 3 heteroatoms. The average molecular weight is 186 g/mol. The van der Waals surface area contributed by atoms with E-state index >= 15 is 0 Å². The summed E-state index contributed by atoms with van der Waals surface area (Å²) in [5.41, 5.74) is 3.29. The monoisotopic (exact) mass is 186 g/mol. The second-order valence-electron chi connectivity index (χ2n) is 3.20. The zero-order valence-electron chi connectivity index (χ0n) is 8.36. The van der Waals surface area contributed by atoms with Gasteiger partial charge in [0.1, 0.15) is 6.20 Å². The summed E-state index contributed by atoms with van der Waals surface area (Å²) in [6, 6.07) is 8.13. The summed E-state index contributed by atoms with van der Waals surface area (Å²) >= 11 is 0. The predicted octanol–water partition coefficient (Wildman–Crippen LogP) is 1.94. The number of rotatable bonds is 2. The van der Waals surface area contributed by atoms with Crippen LogP contribution in [-0.4, -0.2) is 15.0 Å². The van der Waals surface area contributed by atoms with E-state index in [1.165, 1.54) is 5.56 Å². The van der Waals surface area contributed by atoms with E-state index < -0.39 is 0 Å². The minimum atomic E-state index is 0.890. The molecule has 0 saturated heterocycles. The molecule has 0 unspecified atom stereocenters. The van der Waals surface area contributed by atoms with Gasteiger partial charge in [0.2, 0.25) is 0 Å². The Bertz CT molecular complexity index is 432. The Labute approximate surface area is 83.4 Å². The van der Waals surface area contributed by atoms with Gasteiger partial charge in [0.25, 0.3) is 0 Å². The smallest absolute Gasteiger partial charge is 0.138 e. The van der Waals surface area contributed by atoms with Crippen molar-refractivity contribution in [1.82, 2.24) is 15.0 Å². The van der Waals surface area contributed by atoms with Crippen LogP contribution in [0.25, 0.3) is 5.69 Å². The van der Waals surface area contributed by atoms with E-state index in [1.807, 2.05) is 22.9 Å². The Balaban J connectivity index is 2.54. The van der Waals surface area contributed by atoms with Crippen LogP contribution in [0.3, 0.4) is 0 Å². The van der Waals surface area contributed by atoms with Crippen LogP contribution in [0.4, 0.5) is 0 Å². The summed E-state index contributed by atoms with van der Waals surface area (Å²) in [6.07, 6.45) is 3.77. The molecule has 1 radical (unpaired) electrons. The SMILES string of the molecule is CCc1[c]nnn1-c1ccccc1C. The van der Waals surface area contributed by atoms with Gasteiger partial charge in [-0.2, -0.15) is 0 Å². The number of para-hydroxylation sites is 1. The molecule has 0 atom stereocenters. The Kier molecular flexibility index (Phi) is 2.31. The first-order valence-corrected chi connectivity index (χ1v) is 4.71. The zero-order chi connectivity index (χ0) is 9.97. The molecule has 0 N–H and O–H groups in total. The van der Waals surface area contributed by atoms with Crippen LogP contribution in [0.15, 0.2) is 24.3 Å². The van der Waals surface area contributed by atoms with Crippen LogP contribution in [0.1, 0.15) is 18.2 Å². The van der Waals surface area contributed by atoms with Crippen LogP contribution < -0.4 is 0 Å². The number of hydrogen-bond acceptors (Lipinski definition) is 2. The zero-order valence-corrected chi connectivity index (χ0v) is 8.36. The fraction of sp³-hybridized carbons (Fsp3) is 0.273. The van der Waals surface area contributed by atoms with Gasteiger partial charge in [-0.3, -0.25) is 0 Å². The van der Waals surface area contributed by atoms with Crippen molar-refractivity contribution in [3.63, 3.8) is 0 Å². The summed E-state index contributed by atoms with van der Waals surface area (Å²) in [5.74, 6) is 0. The highest BCUT2D eigenvalue weighted by Crippen LogP contribution is 2.13. The van der Waals surface area contributed by atoms with Crippen LogP contribution >= 0.6 is 0 Å². The lowest BCUT2D eigenvalue weighted by atomic mass is 10.2. The van der Waals surface area contributed by atoms with Crippen molar-refractivity contribution in [2.24, 2.45) is 0 Å². The average Bonchev–Trinajstić information content (AvgIpc) is 2.66. The van der Waals surface area contributed by atoms with Gasteiger partial charge in [0, 0.05) is 0 Å². The molecule has 0 saturated carbocycles. The molecule has 1 heterocycles. The number of aromatic nitrogens is 3. The van der Waals surface area contributed by atoms with E-state index in [0.29, 0.717) is 0 Å². The number of hydrogen-bond donors (Lipinski definition) is 0. The van der Waals surface area contributed by atoms with E-state index in [4.69, 9.17) is 0 Å². The van der Waals surface area contributed by atoms with Gasteiger partial charge in [0.15, 0.2) is 0 Å².